The summed E-state index contributed by atoms with van der Waals surface area (Å²) in [7, 11) is 0. The van der Waals surface area contributed by atoms with Gasteiger partial charge >= 0.3 is 0 Å². The van der Waals surface area contributed by atoms with E-state index in [1.807, 2.05) is 12.1 Å². The molecular weight excluding hydrogens is 316 g/mol. The van der Waals surface area contributed by atoms with Crippen molar-refractivity contribution in [2.45, 2.75) is 56.7 Å². The summed E-state index contributed by atoms with van der Waals surface area (Å²) in [6.45, 7) is 2.62. The highest BCUT2D eigenvalue weighted by atomic mass is 16.5. The van der Waals surface area contributed by atoms with Crippen LogP contribution in [0.25, 0.3) is 0 Å². The monoisotopic (exact) mass is 344 g/mol. The Bertz CT molecular complexity index is 611. The maximum atomic E-state index is 13.0. The molecule has 1 N–H and O–H groups in total. The van der Waals surface area contributed by atoms with Crippen molar-refractivity contribution in [3.63, 3.8) is 0 Å². The number of morpholine rings is 1. The lowest BCUT2D eigenvalue weighted by Gasteiger charge is -2.36. The molecule has 0 spiro atoms. The first-order chi connectivity index (χ1) is 12.2. The van der Waals surface area contributed by atoms with Gasteiger partial charge in [-0.2, -0.15) is 0 Å². The largest absolute Gasteiger partial charge is 0.508 e. The lowest BCUT2D eigenvalue weighted by Crippen LogP contribution is -2.49. The predicted octanol–water partition coefficient (Wildman–Crippen LogP) is 2.70. The van der Waals surface area contributed by atoms with Crippen LogP contribution in [0.4, 0.5) is 0 Å². The van der Waals surface area contributed by atoms with Crippen LogP contribution in [0, 0.1) is 0 Å². The van der Waals surface area contributed by atoms with Crippen LogP contribution in [0.15, 0.2) is 24.3 Å². The number of carbonyl (C=O) groups is 1. The molecule has 25 heavy (non-hydrogen) atoms. The molecule has 2 saturated carbocycles. The summed E-state index contributed by atoms with van der Waals surface area (Å²) in [5.41, 5.74) is 0.979. The van der Waals surface area contributed by atoms with Crippen LogP contribution < -0.4 is 0 Å². The molecule has 1 aromatic rings. The number of benzene rings is 1. The van der Waals surface area contributed by atoms with Gasteiger partial charge in [0.1, 0.15) is 5.75 Å². The molecule has 1 saturated heterocycles. The molecule has 1 aromatic carbocycles. The van der Waals surface area contributed by atoms with Gasteiger partial charge in [-0.1, -0.05) is 25.0 Å². The molecule has 1 unspecified atom stereocenters. The topological polar surface area (TPSA) is 53.0 Å². The number of nitrogens with zero attached hydrogens (tertiary/aromatic N) is 2. The summed E-state index contributed by atoms with van der Waals surface area (Å²) in [6.07, 6.45) is 7.16. The Morgan fingerprint density at radius 2 is 1.96 bits per heavy atom. The fourth-order valence-corrected chi connectivity index (χ4v) is 4.29. The maximum absolute atomic E-state index is 13.0. The first kappa shape index (κ1) is 16.9. The fourth-order valence-electron chi connectivity index (χ4n) is 4.29. The van der Waals surface area contributed by atoms with E-state index in [4.69, 9.17) is 4.74 Å². The Balaban J connectivity index is 1.38. The van der Waals surface area contributed by atoms with Crippen LogP contribution in [-0.2, 0) is 9.53 Å². The summed E-state index contributed by atoms with van der Waals surface area (Å²) in [5, 5.41) is 9.69. The Hall–Kier alpha value is -1.59. The Morgan fingerprint density at radius 3 is 2.68 bits per heavy atom. The molecule has 0 radical (unpaired) electrons. The summed E-state index contributed by atoms with van der Waals surface area (Å²) in [6, 6.07) is 8.22. The molecule has 0 aromatic heterocycles. The van der Waals surface area contributed by atoms with Gasteiger partial charge in [0.2, 0.25) is 5.91 Å². The van der Waals surface area contributed by atoms with Crippen molar-refractivity contribution in [2.75, 3.05) is 26.2 Å². The van der Waals surface area contributed by atoms with E-state index in [0.29, 0.717) is 37.7 Å². The van der Waals surface area contributed by atoms with E-state index in [1.165, 1.54) is 38.5 Å². The lowest BCUT2D eigenvalue weighted by atomic mass is 10.1. The van der Waals surface area contributed by atoms with Crippen molar-refractivity contribution < 1.29 is 14.6 Å². The van der Waals surface area contributed by atoms with Crippen LogP contribution in [0.3, 0.4) is 0 Å². The summed E-state index contributed by atoms with van der Waals surface area (Å²) < 4.78 is 5.87. The smallest absolute Gasteiger partial charge is 0.237 e. The van der Waals surface area contributed by atoms with E-state index in [9.17, 15) is 9.90 Å². The average molecular weight is 344 g/mol. The van der Waals surface area contributed by atoms with E-state index in [2.05, 4.69) is 9.80 Å². The third-order valence-corrected chi connectivity index (χ3v) is 5.70. The number of phenolic OH excluding ortho intramolecular Hbond substituents is 1. The van der Waals surface area contributed by atoms with Gasteiger partial charge in [-0.3, -0.25) is 9.69 Å². The standard InChI is InChI=1S/C20H28N2O3/c23-18-7-3-4-15(12-18)19-13-21(10-11-25-19)14-20(24)22(17-8-9-17)16-5-1-2-6-16/h3-4,7,12,16-17,19,23H,1-2,5-6,8-11,13-14H2. The van der Waals surface area contributed by atoms with Crippen molar-refractivity contribution in [3.8, 4) is 5.75 Å². The molecule has 1 heterocycles. The van der Waals surface area contributed by atoms with Gasteiger partial charge in [0, 0.05) is 25.2 Å². The molecule has 3 fully saturated rings. The second kappa shape index (κ2) is 7.34. The number of phenols is 1. The first-order valence-corrected chi connectivity index (χ1v) is 9.65. The summed E-state index contributed by atoms with van der Waals surface area (Å²) >= 11 is 0. The van der Waals surface area contributed by atoms with Crippen molar-refractivity contribution >= 4 is 5.91 Å². The van der Waals surface area contributed by atoms with Gasteiger partial charge in [-0.25, -0.2) is 0 Å². The van der Waals surface area contributed by atoms with E-state index in [-0.39, 0.29) is 11.9 Å². The number of rotatable bonds is 5. The zero-order valence-electron chi connectivity index (χ0n) is 14.8. The minimum absolute atomic E-state index is 0.0745. The third-order valence-electron chi connectivity index (χ3n) is 5.70. The Morgan fingerprint density at radius 1 is 1.20 bits per heavy atom. The highest BCUT2D eigenvalue weighted by Gasteiger charge is 2.39. The van der Waals surface area contributed by atoms with Crippen LogP contribution in [0.2, 0.25) is 0 Å². The highest BCUT2D eigenvalue weighted by Crippen LogP contribution is 2.34. The SMILES string of the molecule is O=C(CN1CCOC(c2cccc(O)c2)C1)N(C1CCCC1)C1CC1. The molecule has 5 nitrogen and oxygen atoms in total. The Labute approximate surface area is 149 Å². The van der Waals surface area contributed by atoms with Gasteiger partial charge < -0.3 is 14.7 Å². The molecule has 1 atom stereocenters. The number of ether oxygens (including phenoxy) is 1. The van der Waals surface area contributed by atoms with Crippen LogP contribution in [0.1, 0.15) is 50.2 Å². The predicted molar refractivity (Wildman–Crippen MR) is 95.4 cm³/mol. The number of hydrogen-bond acceptors (Lipinski definition) is 4. The molecule has 136 valence electrons. The average Bonchev–Trinajstić information content (AvgIpc) is 3.29. The first-order valence-electron chi connectivity index (χ1n) is 9.65. The van der Waals surface area contributed by atoms with Gasteiger partial charge in [0.25, 0.3) is 0 Å². The van der Waals surface area contributed by atoms with Crippen molar-refractivity contribution in [3.05, 3.63) is 29.8 Å². The molecule has 0 bridgehead atoms. The van der Waals surface area contributed by atoms with Crippen molar-refractivity contribution in [1.29, 1.82) is 0 Å². The quantitative estimate of drug-likeness (QED) is 0.892. The second-order valence-electron chi connectivity index (χ2n) is 7.66. The molecule has 5 heteroatoms. The normalized spacial score (nSPS) is 25.2. The number of hydrogen-bond donors (Lipinski definition) is 1. The maximum Gasteiger partial charge on any atom is 0.237 e. The van der Waals surface area contributed by atoms with Crippen LogP contribution in [0.5, 0.6) is 5.75 Å². The minimum atomic E-state index is -0.0745. The van der Waals surface area contributed by atoms with Crippen molar-refractivity contribution in [2.24, 2.45) is 0 Å². The van der Waals surface area contributed by atoms with Crippen LogP contribution in [-0.4, -0.2) is 59.1 Å². The highest BCUT2D eigenvalue weighted by molar-refractivity contribution is 5.79. The number of carbonyl (C=O) groups excluding carboxylic acids is 1. The molecule has 3 aliphatic rings. The van der Waals surface area contributed by atoms with Gasteiger partial charge in [0.05, 0.1) is 19.3 Å². The van der Waals surface area contributed by atoms with Gasteiger partial charge in [-0.05, 0) is 43.4 Å². The van der Waals surface area contributed by atoms with E-state index >= 15 is 0 Å². The second-order valence-corrected chi connectivity index (χ2v) is 7.66. The molecular formula is C20H28N2O3. The third kappa shape index (κ3) is 3.98. The molecule has 1 amide bonds. The van der Waals surface area contributed by atoms with E-state index < -0.39 is 0 Å². The minimum Gasteiger partial charge on any atom is -0.508 e. The molecule has 4 rings (SSSR count). The van der Waals surface area contributed by atoms with Crippen molar-refractivity contribution in [1.82, 2.24) is 9.80 Å². The molecule has 2 aliphatic carbocycles. The number of amides is 1. The van der Waals surface area contributed by atoms with Crippen LogP contribution >= 0.6 is 0 Å². The number of aromatic hydroxyl groups is 1. The zero-order valence-corrected chi connectivity index (χ0v) is 14.8. The van der Waals surface area contributed by atoms with E-state index in [1.54, 1.807) is 12.1 Å². The van der Waals surface area contributed by atoms with Gasteiger partial charge in [-0.15, -0.1) is 0 Å². The Kier molecular flexibility index (Phi) is 4.95. The zero-order chi connectivity index (χ0) is 17.2. The molecule has 1 aliphatic heterocycles. The fraction of sp³-hybridized carbons (Fsp3) is 0.650. The lowest BCUT2D eigenvalue weighted by molar-refractivity contribution is -0.137. The van der Waals surface area contributed by atoms with E-state index in [0.717, 1.165) is 12.1 Å². The summed E-state index contributed by atoms with van der Waals surface area (Å²) in [4.78, 5) is 17.4. The summed E-state index contributed by atoms with van der Waals surface area (Å²) in [5.74, 6) is 0.557. The van der Waals surface area contributed by atoms with Gasteiger partial charge in [0.15, 0.2) is 0 Å².